The molecule has 0 atom stereocenters. The molecule has 1 aromatic carbocycles. The van der Waals surface area contributed by atoms with E-state index in [2.05, 4.69) is 10.1 Å². The van der Waals surface area contributed by atoms with E-state index in [1.807, 2.05) is 38.1 Å². The summed E-state index contributed by atoms with van der Waals surface area (Å²) in [4.78, 5) is 17.3. The van der Waals surface area contributed by atoms with Crippen molar-refractivity contribution in [3.8, 4) is 5.75 Å². The van der Waals surface area contributed by atoms with Crippen molar-refractivity contribution in [2.24, 2.45) is 0 Å². The highest BCUT2D eigenvalue weighted by molar-refractivity contribution is 6.04. The highest BCUT2D eigenvalue weighted by Crippen LogP contribution is 2.40. The molecular formula is C19H18N2O3. The lowest BCUT2D eigenvalue weighted by atomic mass is 10.1. The smallest absolute Gasteiger partial charge is 0.344 e. The highest BCUT2D eigenvalue weighted by Gasteiger charge is 2.29. The van der Waals surface area contributed by atoms with E-state index in [1.54, 1.807) is 6.92 Å². The standard InChI is InChI=1S/C19H18N2O3/c1-10-4-7-16(11(2)8-10)23-19(22)14-9-15(13-5-6-13)20-18-17(14)12(3)21-24-18/h4,7-9,13H,5-6H2,1-3H3. The Morgan fingerprint density at radius 3 is 2.71 bits per heavy atom. The fourth-order valence-electron chi connectivity index (χ4n) is 2.93. The van der Waals surface area contributed by atoms with Gasteiger partial charge in [-0.05, 0) is 51.3 Å². The van der Waals surface area contributed by atoms with Crippen molar-refractivity contribution in [1.29, 1.82) is 0 Å². The van der Waals surface area contributed by atoms with Gasteiger partial charge in [0.25, 0.3) is 5.71 Å². The number of carbonyl (C=O) groups excluding carboxylic acids is 1. The van der Waals surface area contributed by atoms with Gasteiger partial charge in [0.2, 0.25) is 0 Å². The fraction of sp³-hybridized carbons (Fsp3) is 0.316. The average molecular weight is 322 g/mol. The Labute approximate surface area is 139 Å². The Hall–Kier alpha value is -2.69. The van der Waals surface area contributed by atoms with Crippen molar-refractivity contribution in [2.75, 3.05) is 0 Å². The van der Waals surface area contributed by atoms with Gasteiger partial charge in [0.05, 0.1) is 16.6 Å². The summed E-state index contributed by atoms with van der Waals surface area (Å²) < 4.78 is 10.9. The summed E-state index contributed by atoms with van der Waals surface area (Å²) >= 11 is 0. The normalized spacial score (nSPS) is 14.1. The molecule has 0 aliphatic heterocycles. The molecule has 0 spiro atoms. The van der Waals surface area contributed by atoms with E-state index in [1.165, 1.54) is 0 Å². The van der Waals surface area contributed by atoms with Gasteiger partial charge in [0.15, 0.2) is 0 Å². The van der Waals surface area contributed by atoms with Gasteiger partial charge < -0.3 is 9.26 Å². The Balaban J connectivity index is 1.76. The van der Waals surface area contributed by atoms with Gasteiger partial charge in [-0.1, -0.05) is 22.9 Å². The molecule has 1 aliphatic rings. The molecule has 0 bridgehead atoms. The topological polar surface area (TPSA) is 65.2 Å². The summed E-state index contributed by atoms with van der Waals surface area (Å²) in [5, 5.41) is 4.58. The number of aryl methyl sites for hydroxylation is 3. The number of fused-ring (bicyclic) bond motifs is 1. The number of rotatable bonds is 3. The van der Waals surface area contributed by atoms with Crippen LogP contribution in [0.5, 0.6) is 5.75 Å². The largest absolute Gasteiger partial charge is 0.423 e. The van der Waals surface area contributed by atoms with Crippen LogP contribution >= 0.6 is 0 Å². The van der Waals surface area contributed by atoms with Crippen LogP contribution in [0.15, 0.2) is 28.8 Å². The molecule has 0 amide bonds. The third kappa shape index (κ3) is 2.56. The Bertz CT molecular complexity index is 955. The molecule has 2 heterocycles. The molecule has 4 rings (SSSR count). The van der Waals surface area contributed by atoms with Crippen molar-refractivity contribution < 1.29 is 14.1 Å². The second-order valence-electron chi connectivity index (χ2n) is 6.48. The van der Waals surface area contributed by atoms with Gasteiger partial charge in [-0.15, -0.1) is 0 Å². The Kier molecular flexibility index (Phi) is 3.37. The number of pyridine rings is 1. The van der Waals surface area contributed by atoms with Crippen molar-refractivity contribution in [1.82, 2.24) is 10.1 Å². The number of hydrogen-bond donors (Lipinski definition) is 0. The maximum absolute atomic E-state index is 12.8. The molecule has 1 aliphatic carbocycles. The van der Waals surface area contributed by atoms with Crippen LogP contribution in [0.2, 0.25) is 0 Å². The van der Waals surface area contributed by atoms with E-state index in [0.29, 0.717) is 34.0 Å². The summed E-state index contributed by atoms with van der Waals surface area (Å²) in [7, 11) is 0. The molecule has 0 N–H and O–H groups in total. The Morgan fingerprint density at radius 2 is 2.00 bits per heavy atom. The van der Waals surface area contributed by atoms with E-state index in [-0.39, 0.29) is 0 Å². The number of hydrogen-bond acceptors (Lipinski definition) is 5. The van der Waals surface area contributed by atoms with Crippen molar-refractivity contribution in [3.63, 3.8) is 0 Å². The number of aromatic nitrogens is 2. The summed E-state index contributed by atoms with van der Waals surface area (Å²) in [5.41, 5.74) is 4.46. The van der Waals surface area contributed by atoms with Crippen LogP contribution in [0.4, 0.5) is 0 Å². The van der Waals surface area contributed by atoms with Gasteiger partial charge in [-0.25, -0.2) is 9.78 Å². The summed E-state index contributed by atoms with van der Waals surface area (Å²) in [6, 6.07) is 7.57. The molecule has 5 heteroatoms. The predicted molar refractivity (Wildman–Crippen MR) is 89.4 cm³/mol. The first-order valence-corrected chi connectivity index (χ1v) is 8.09. The van der Waals surface area contributed by atoms with Gasteiger partial charge in [-0.3, -0.25) is 0 Å². The predicted octanol–water partition coefficient (Wildman–Crippen LogP) is 4.24. The van der Waals surface area contributed by atoms with Crippen molar-refractivity contribution in [3.05, 3.63) is 52.3 Å². The van der Waals surface area contributed by atoms with E-state index in [0.717, 1.165) is 29.7 Å². The van der Waals surface area contributed by atoms with E-state index in [4.69, 9.17) is 9.26 Å². The summed E-state index contributed by atoms with van der Waals surface area (Å²) in [5.74, 6) is 0.577. The molecule has 24 heavy (non-hydrogen) atoms. The molecule has 3 aromatic rings. The first kappa shape index (κ1) is 14.9. The molecule has 2 aromatic heterocycles. The van der Waals surface area contributed by atoms with E-state index in [9.17, 15) is 4.79 Å². The molecule has 1 fully saturated rings. The molecule has 122 valence electrons. The number of nitrogens with zero attached hydrogens (tertiary/aromatic N) is 2. The molecule has 5 nitrogen and oxygen atoms in total. The fourth-order valence-corrected chi connectivity index (χ4v) is 2.93. The molecular weight excluding hydrogens is 304 g/mol. The molecule has 1 saturated carbocycles. The van der Waals surface area contributed by atoms with Crippen LogP contribution in [0.1, 0.15) is 51.6 Å². The third-order valence-electron chi connectivity index (χ3n) is 4.39. The van der Waals surface area contributed by atoms with Crippen LogP contribution in [-0.4, -0.2) is 16.1 Å². The highest BCUT2D eigenvalue weighted by atomic mass is 16.5. The van der Waals surface area contributed by atoms with Crippen LogP contribution in [-0.2, 0) is 0 Å². The SMILES string of the molecule is Cc1ccc(OC(=O)c2cc(C3CC3)nc3onc(C)c23)c(C)c1. The van der Waals surface area contributed by atoms with E-state index >= 15 is 0 Å². The summed E-state index contributed by atoms with van der Waals surface area (Å²) in [6.07, 6.45) is 2.19. The van der Waals surface area contributed by atoms with Crippen LogP contribution < -0.4 is 4.74 Å². The quantitative estimate of drug-likeness (QED) is 0.533. The zero-order valence-corrected chi connectivity index (χ0v) is 13.9. The van der Waals surface area contributed by atoms with Gasteiger partial charge in [-0.2, -0.15) is 0 Å². The minimum absolute atomic E-state index is 0.400. The third-order valence-corrected chi connectivity index (χ3v) is 4.39. The minimum atomic E-state index is -0.400. The lowest BCUT2D eigenvalue weighted by Crippen LogP contribution is -2.11. The first-order valence-electron chi connectivity index (χ1n) is 8.09. The monoisotopic (exact) mass is 322 g/mol. The zero-order chi connectivity index (χ0) is 16.8. The lowest BCUT2D eigenvalue weighted by Gasteiger charge is -2.09. The average Bonchev–Trinajstić information content (AvgIpc) is 3.33. The molecule has 0 unspecified atom stereocenters. The second-order valence-corrected chi connectivity index (χ2v) is 6.48. The maximum atomic E-state index is 12.8. The van der Waals surface area contributed by atoms with Gasteiger partial charge in [0.1, 0.15) is 5.75 Å². The summed E-state index contributed by atoms with van der Waals surface area (Å²) in [6.45, 7) is 5.74. The van der Waals surface area contributed by atoms with Gasteiger partial charge >= 0.3 is 5.97 Å². The van der Waals surface area contributed by atoms with Gasteiger partial charge in [0, 0.05) is 11.6 Å². The first-order chi connectivity index (χ1) is 11.5. The van der Waals surface area contributed by atoms with Crippen LogP contribution in [0.3, 0.4) is 0 Å². The van der Waals surface area contributed by atoms with Crippen molar-refractivity contribution >= 4 is 17.1 Å². The number of ether oxygens (including phenoxy) is 1. The maximum Gasteiger partial charge on any atom is 0.344 e. The minimum Gasteiger partial charge on any atom is -0.423 e. The molecule has 0 saturated heterocycles. The Morgan fingerprint density at radius 1 is 1.21 bits per heavy atom. The van der Waals surface area contributed by atoms with Crippen molar-refractivity contribution in [2.45, 2.75) is 39.5 Å². The number of esters is 1. The van der Waals surface area contributed by atoms with E-state index < -0.39 is 5.97 Å². The zero-order valence-electron chi connectivity index (χ0n) is 13.9. The number of carbonyl (C=O) groups is 1. The number of benzene rings is 1. The molecule has 0 radical (unpaired) electrons. The lowest BCUT2D eigenvalue weighted by molar-refractivity contribution is 0.0735. The second kappa shape index (κ2) is 5.44. The van der Waals surface area contributed by atoms with Crippen LogP contribution in [0.25, 0.3) is 11.1 Å². The van der Waals surface area contributed by atoms with Crippen LogP contribution in [0, 0.1) is 20.8 Å².